The Morgan fingerprint density at radius 3 is 2.32 bits per heavy atom. The molecule has 0 aliphatic carbocycles. The van der Waals surface area contributed by atoms with Gasteiger partial charge < -0.3 is 4.90 Å². The number of anilines is 1. The Bertz CT molecular complexity index is 1460. The van der Waals surface area contributed by atoms with Crippen LogP contribution in [0.4, 0.5) is 5.95 Å². The second-order valence-electron chi connectivity index (χ2n) is 8.77. The summed E-state index contributed by atoms with van der Waals surface area (Å²) in [6.07, 6.45) is 0. The number of benzene rings is 2. The van der Waals surface area contributed by atoms with Crippen LogP contribution in [-0.2, 0) is 20.1 Å². The Morgan fingerprint density at radius 2 is 1.62 bits per heavy atom. The third kappa shape index (κ3) is 4.15. The summed E-state index contributed by atoms with van der Waals surface area (Å²) < 4.78 is 3.27. The van der Waals surface area contributed by atoms with Crippen LogP contribution in [0.1, 0.15) is 16.7 Å². The number of aromatic amines is 1. The molecular formula is C25H27ClN6O2. The number of rotatable bonds is 5. The van der Waals surface area contributed by atoms with Gasteiger partial charge >= 0.3 is 5.69 Å². The number of nitrogens with one attached hydrogen (secondary N) is 1. The zero-order valence-corrected chi connectivity index (χ0v) is 20.0. The van der Waals surface area contributed by atoms with Gasteiger partial charge in [-0.2, -0.15) is 4.98 Å². The molecule has 0 bridgehead atoms. The van der Waals surface area contributed by atoms with Crippen molar-refractivity contribution in [3.05, 3.63) is 91.1 Å². The van der Waals surface area contributed by atoms with Crippen LogP contribution < -0.4 is 16.1 Å². The van der Waals surface area contributed by atoms with Gasteiger partial charge in [-0.25, -0.2) is 4.79 Å². The van der Waals surface area contributed by atoms with Crippen molar-refractivity contribution in [2.45, 2.75) is 20.0 Å². The average molecular weight is 479 g/mol. The summed E-state index contributed by atoms with van der Waals surface area (Å²) >= 11 is 6.44. The standard InChI is InChI=1S/C25H27ClN6O2/c1-17-7-3-4-8-18(17)15-30-11-13-31(14-12-30)24-27-22-21(23(33)28-25(34)29(22)2)32(24)16-19-9-5-6-10-20(19)26/h3-10H,11-16H2,1-2H3,(H,28,33,34). The summed E-state index contributed by atoms with van der Waals surface area (Å²) in [6.45, 7) is 6.72. The van der Waals surface area contributed by atoms with Crippen LogP contribution >= 0.6 is 11.6 Å². The van der Waals surface area contributed by atoms with Crippen LogP contribution in [0, 0.1) is 6.92 Å². The maximum absolute atomic E-state index is 12.8. The Balaban J connectivity index is 1.48. The molecule has 8 nitrogen and oxygen atoms in total. The molecule has 0 saturated carbocycles. The predicted octanol–water partition coefficient (Wildman–Crippen LogP) is 2.76. The van der Waals surface area contributed by atoms with E-state index < -0.39 is 11.2 Å². The molecule has 1 aliphatic rings. The highest BCUT2D eigenvalue weighted by molar-refractivity contribution is 6.31. The average Bonchev–Trinajstić information content (AvgIpc) is 3.21. The van der Waals surface area contributed by atoms with Crippen molar-refractivity contribution in [3.63, 3.8) is 0 Å². The van der Waals surface area contributed by atoms with Crippen LogP contribution in [0.2, 0.25) is 5.02 Å². The first-order valence-corrected chi connectivity index (χ1v) is 11.7. The number of imidazole rings is 1. The van der Waals surface area contributed by atoms with Gasteiger partial charge in [0.25, 0.3) is 5.56 Å². The van der Waals surface area contributed by atoms with E-state index >= 15 is 0 Å². The molecule has 0 unspecified atom stereocenters. The summed E-state index contributed by atoms with van der Waals surface area (Å²) in [7, 11) is 1.62. The quantitative estimate of drug-likeness (QED) is 0.477. The maximum Gasteiger partial charge on any atom is 0.329 e. The van der Waals surface area contributed by atoms with Crippen LogP contribution in [0.3, 0.4) is 0 Å². The van der Waals surface area contributed by atoms with Gasteiger partial charge in [-0.05, 0) is 29.7 Å². The molecule has 0 atom stereocenters. The van der Waals surface area contributed by atoms with E-state index in [2.05, 4.69) is 46.0 Å². The first-order chi connectivity index (χ1) is 16.4. The molecule has 2 aromatic carbocycles. The molecule has 5 rings (SSSR count). The van der Waals surface area contributed by atoms with Gasteiger partial charge in [0.2, 0.25) is 5.95 Å². The van der Waals surface area contributed by atoms with Gasteiger partial charge in [-0.3, -0.25) is 23.8 Å². The molecule has 1 saturated heterocycles. The van der Waals surface area contributed by atoms with E-state index in [9.17, 15) is 9.59 Å². The summed E-state index contributed by atoms with van der Waals surface area (Å²) in [5.41, 5.74) is 3.35. The van der Waals surface area contributed by atoms with E-state index in [1.165, 1.54) is 15.7 Å². The molecule has 1 fully saturated rings. The van der Waals surface area contributed by atoms with Crippen molar-refractivity contribution < 1.29 is 0 Å². The third-order valence-electron chi connectivity index (χ3n) is 6.58. The third-order valence-corrected chi connectivity index (χ3v) is 6.95. The van der Waals surface area contributed by atoms with Gasteiger partial charge in [0, 0.05) is 44.8 Å². The fraction of sp³-hybridized carbons (Fsp3) is 0.320. The molecule has 1 N–H and O–H groups in total. The van der Waals surface area contributed by atoms with Gasteiger partial charge in [0.05, 0.1) is 6.54 Å². The van der Waals surface area contributed by atoms with Crippen molar-refractivity contribution >= 4 is 28.7 Å². The Morgan fingerprint density at radius 1 is 0.941 bits per heavy atom. The van der Waals surface area contributed by atoms with E-state index in [0.29, 0.717) is 28.7 Å². The van der Waals surface area contributed by atoms with E-state index in [0.717, 1.165) is 38.3 Å². The molecule has 0 radical (unpaired) electrons. The lowest BCUT2D eigenvalue weighted by Crippen LogP contribution is -2.47. The number of nitrogens with zero attached hydrogens (tertiary/aromatic N) is 5. The molecule has 9 heteroatoms. The predicted molar refractivity (Wildman–Crippen MR) is 135 cm³/mol. The highest BCUT2D eigenvalue weighted by Gasteiger charge is 2.25. The molecule has 2 aromatic heterocycles. The van der Waals surface area contributed by atoms with E-state index in [-0.39, 0.29) is 0 Å². The second kappa shape index (κ2) is 9.12. The number of hydrogen-bond donors (Lipinski definition) is 1. The molecular weight excluding hydrogens is 452 g/mol. The molecule has 1 aliphatic heterocycles. The Labute approximate surface area is 202 Å². The molecule has 4 aromatic rings. The summed E-state index contributed by atoms with van der Waals surface area (Å²) in [6, 6.07) is 16.0. The van der Waals surface area contributed by atoms with Crippen LogP contribution in [-0.4, -0.2) is 50.2 Å². The number of aryl methyl sites for hydroxylation is 2. The van der Waals surface area contributed by atoms with Gasteiger partial charge in [0.1, 0.15) is 0 Å². The Kier molecular flexibility index (Phi) is 6.02. The molecule has 176 valence electrons. The number of hydrogen-bond acceptors (Lipinski definition) is 5. The van der Waals surface area contributed by atoms with Crippen molar-refractivity contribution in [3.8, 4) is 0 Å². The normalized spacial score (nSPS) is 14.7. The highest BCUT2D eigenvalue weighted by atomic mass is 35.5. The lowest BCUT2D eigenvalue weighted by atomic mass is 10.1. The zero-order chi connectivity index (χ0) is 23.8. The van der Waals surface area contributed by atoms with Gasteiger partial charge in [-0.15, -0.1) is 0 Å². The topological polar surface area (TPSA) is 79.2 Å². The number of aromatic nitrogens is 4. The molecule has 3 heterocycles. The SMILES string of the molecule is Cc1ccccc1CN1CCN(c2nc3c(c(=O)[nH]c(=O)n3C)n2Cc2ccccc2Cl)CC1. The Hall–Kier alpha value is -3.36. The summed E-state index contributed by atoms with van der Waals surface area (Å²) in [5, 5.41) is 0.625. The minimum atomic E-state index is -0.477. The fourth-order valence-corrected chi connectivity index (χ4v) is 4.74. The van der Waals surface area contributed by atoms with Gasteiger partial charge in [-0.1, -0.05) is 54.1 Å². The zero-order valence-electron chi connectivity index (χ0n) is 19.3. The summed E-state index contributed by atoms with van der Waals surface area (Å²) in [5.74, 6) is 0.678. The van der Waals surface area contributed by atoms with Gasteiger partial charge in [0.15, 0.2) is 11.2 Å². The van der Waals surface area contributed by atoms with Crippen LogP contribution in [0.15, 0.2) is 58.1 Å². The monoisotopic (exact) mass is 478 g/mol. The van der Waals surface area contributed by atoms with Crippen molar-refractivity contribution in [1.82, 2.24) is 24.0 Å². The minimum Gasteiger partial charge on any atom is -0.340 e. The molecule has 0 amide bonds. The minimum absolute atomic E-state index is 0.373. The molecule has 0 spiro atoms. The smallest absolute Gasteiger partial charge is 0.329 e. The van der Waals surface area contributed by atoms with Crippen molar-refractivity contribution in [2.75, 3.05) is 31.1 Å². The van der Waals surface area contributed by atoms with E-state index in [1.54, 1.807) is 7.05 Å². The van der Waals surface area contributed by atoms with E-state index in [4.69, 9.17) is 16.6 Å². The maximum atomic E-state index is 12.8. The van der Waals surface area contributed by atoms with Crippen molar-refractivity contribution in [1.29, 1.82) is 0 Å². The summed E-state index contributed by atoms with van der Waals surface area (Å²) in [4.78, 5) is 36.9. The van der Waals surface area contributed by atoms with E-state index in [1.807, 2.05) is 28.8 Å². The van der Waals surface area contributed by atoms with Crippen molar-refractivity contribution in [2.24, 2.45) is 7.05 Å². The highest BCUT2D eigenvalue weighted by Crippen LogP contribution is 2.25. The number of halogens is 1. The first-order valence-electron chi connectivity index (χ1n) is 11.4. The lowest BCUT2D eigenvalue weighted by molar-refractivity contribution is 0.248. The number of piperazine rings is 1. The fourth-order valence-electron chi connectivity index (χ4n) is 4.55. The molecule has 34 heavy (non-hydrogen) atoms. The number of fused-ring (bicyclic) bond motifs is 1. The van der Waals surface area contributed by atoms with Crippen LogP contribution in [0.25, 0.3) is 11.2 Å². The largest absolute Gasteiger partial charge is 0.340 e. The lowest BCUT2D eigenvalue weighted by Gasteiger charge is -2.35. The number of H-pyrrole nitrogens is 1. The van der Waals surface area contributed by atoms with Crippen LogP contribution in [0.5, 0.6) is 0 Å². The second-order valence-corrected chi connectivity index (χ2v) is 9.18. The first kappa shape index (κ1) is 22.4.